The molecule has 1 saturated heterocycles. The minimum absolute atomic E-state index is 0.105. The van der Waals surface area contributed by atoms with Crippen LogP contribution in [0, 0.1) is 5.82 Å². The van der Waals surface area contributed by atoms with Crippen molar-refractivity contribution >= 4 is 5.91 Å². The summed E-state index contributed by atoms with van der Waals surface area (Å²) >= 11 is 0. The fraction of sp³-hybridized carbons (Fsp3) is 0.321. The molecule has 1 aliphatic heterocycles. The largest absolute Gasteiger partial charge is 0.491 e. The first-order chi connectivity index (χ1) is 16.5. The minimum atomic E-state index is -0.403. The van der Waals surface area contributed by atoms with Gasteiger partial charge in [-0.25, -0.2) is 4.39 Å². The molecule has 0 unspecified atom stereocenters. The van der Waals surface area contributed by atoms with Crippen LogP contribution in [0.4, 0.5) is 4.39 Å². The SMILES string of the molecule is CN(C)CCOc1cc(F)ccc1C(=O)N1CCN(C2c3ccccc3-c3ccccc32)CC1. The molecule has 0 N–H and O–H groups in total. The zero-order valence-corrected chi connectivity index (χ0v) is 19.7. The molecule has 0 radical (unpaired) electrons. The number of carbonyl (C=O) groups excluding carboxylic acids is 1. The van der Waals surface area contributed by atoms with E-state index in [0.29, 0.717) is 37.6 Å². The second kappa shape index (κ2) is 9.57. The number of halogens is 1. The predicted molar refractivity (Wildman–Crippen MR) is 132 cm³/mol. The van der Waals surface area contributed by atoms with Gasteiger partial charge in [-0.15, -0.1) is 0 Å². The van der Waals surface area contributed by atoms with Crippen LogP contribution in [-0.2, 0) is 0 Å². The monoisotopic (exact) mass is 459 g/mol. The molecular weight excluding hydrogens is 429 g/mol. The summed E-state index contributed by atoms with van der Waals surface area (Å²) in [6.45, 7) is 3.87. The van der Waals surface area contributed by atoms with Gasteiger partial charge in [0.15, 0.2) is 0 Å². The Labute approximate surface area is 200 Å². The third-order valence-electron chi connectivity index (χ3n) is 6.74. The molecule has 2 aliphatic rings. The predicted octanol–water partition coefficient (Wildman–Crippen LogP) is 4.29. The van der Waals surface area contributed by atoms with Crippen LogP contribution in [0.1, 0.15) is 27.5 Å². The lowest BCUT2D eigenvalue weighted by atomic mass is 10.0. The highest BCUT2D eigenvalue weighted by Crippen LogP contribution is 2.46. The molecule has 1 heterocycles. The number of ether oxygens (including phenoxy) is 1. The summed E-state index contributed by atoms with van der Waals surface area (Å²) in [5.41, 5.74) is 5.68. The van der Waals surface area contributed by atoms with Crippen molar-refractivity contribution in [2.45, 2.75) is 6.04 Å². The van der Waals surface area contributed by atoms with Gasteiger partial charge in [-0.3, -0.25) is 9.69 Å². The van der Waals surface area contributed by atoms with Gasteiger partial charge in [-0.2, -0.15) is 0 Å². The van der Waals surface area contributed by atoms with Crippen LogP contribution in [0.2, 0.25) is 0 Å². The average Bonchev–Trinajstić information content (AvgIpc) is 3.18. The molecule has 1 amide bonds. The summed E-state index contributed by atoms with van der Waals surface area (Å²) in [4.78, 5) is 19.7. The van der Waals surface area contributed by atoms with Crippen LogP contribution in [-0.4, -0.2) is 74.0 Å². The number of benzene rings is 3. The number of piperazine rings is 1. The Kier molecular flexibility index (Phi) is 6.35. The molecule has 176 valence electrons. The van der Waals surface area contributed by atoms with Crippen molar-refractivity contribution in [3.05, 3.63) is 89.2 Å². The topological polar surface area (TPSA) is 36.0 Å². The molecule has 0 aromatic heterocycles. The van der Waals surface area contributed by atoms with Gasteiger partial charge >= 0.3 is 0 Å². The van der Waals surface area contributed by atoms with Gasteiger partial charge in [0.1, 0.15) is 18.2 Å². The van der Waals surface area contributed by atoms with Crippen LogP contribution in [0.15, 0.2) is 66.7 Å². The zero-order chi connectivity index (χ0) is 23.7. The van der Waals surface area contributed by atoms with Crippen LogP contribution in [0.5, 0.6) is 5.75 Å². The standard InChI is InChI=1S/C28H30FN3O2/c1-30(2)17-18-34-26-19-20(29)11-12-25(26)28(33)32-15-13-31(14-16-32)27-23-9-5-3-7-21(23)22-8-4-6-10-24(22)27/h3-12,19,27H,13-18H2,1-2H3. The highest BCUT2D eigenvalue weighted by molar-refractivity contribution is 5.97. The molecule has 5 nitrogen and oxygen atoms in total. The van der Waals surface area contributed by atoms with Crippen molar-refractivity contribution in [1.29, 1.82) is 0 Å². The Morgan fingerprint density at radius 2 is 1.56 bits per heavy atom. The highest BCUT2D eigenvalue weighted by Gasteiger charge is 2.35. The van der Waals surface area contributed by atoms with Crippen molar-refractivity contribution in [2.75, 3.05) is 53.4 Å². The van der Waals surface area contributed by atoms with E-state index in [1.54, 1.807) is 6.07 Å². The smallest absolute Gasteiger partial charge is 0.257 e. The Hall–Kier alpha value is -3.22. The van der Waals surface area contributed by atoms with Gasteiger partial charge < -0.3 is 14.5 Å². The summed E-state index contributed by atoms with van der Waals surface area (Å²) < 4.78 is 19.7. The van der Waals surface area contributed by atoms with Crippen molar-refractivity contribution in [2.24, 2.45) is 0 Å². The molecule has 3 aromatic carbocycles. The molecule has 34 heavy (non-hydrogen) atoms. The Morgan fingerprint density at radius 3 is 2.18 bits per heavy atom. The Bertz CT molecular complexity index is 1140. The van der Waals surface area contributed by atoms with E-state index in [0.717, 1.165) is 13.1 Å². The number of hydrogen-bond acceptors (Lipinski definition) is 4. The average molecular weight is 460 g/mol. The third-order valence-corrected chi connectivity index (χ3v) is 6.74. The summed E-state index contributed by atoms with van der Waals surface area (Å²) in [7, 11) is 3.89. The van der Waals surface area contributed by atoms with Gasteiger partial charge in [-0.1, -0.05) is 48.5 Å². The maximum Gasteiger partial charge on any atom is 0.257 e. The van der Waals surface area contributed by atoms with E-state index in [2.05, 4.69) is 53.4 Å². The lowest BCUT2D eigenvalue weighted by Crippen LogP contribution is -2.49. The van der Waals surface area contributed by atoms with Crippen molar-refractivity contribution in [3.8, 4) is 16.9 Å². The first-order valence-electron chi connectivity index (χ1n) is 11.8. The number of amides is 1. The van der Waals surface area contributed by atoms with Crippen molar-refractivity contribution in [3.63, 3.8) is 0 Å². The number of rotatable bonds is 6. The second-order valence-electron chi connectivity index (χ2n) is 9.20. The molecule has 6 heteroatoms. The third kappa shape index (κ3) is 4.31. The maximum atomic E-state index is 13.9. The molecule has 0 atom stereocenters. The van der Waals surface area contributed by atoms with Gasteiger partial charge in [0.2, 0.25) is 0 Å². The fourth-order valence-corrected chi connectivity index (χ4v) is 5.01. The van der Waals surface area contributed by atoms with Crippen molar-refractivity contribution in [1.82, 2.24) is 14.7 Å². The van der Waals surface area contributed by atoms with Gasteiger partial charge in [-0.05, 0) is 48.5 Å². The van der Waals surface area contributed by atoms with E-state index < -0.39 is 5.82 Å². The summed E-state index contributed by atoms with van der Waals surface area (Å²) in [6.07, 6.45) is 0. The number of nitrogens with zero attached hydrogens (tertiary/aromatic N) is 3. The summed E-state index contributed by atoms with van der Waals surface area (Å²) in [5.74, 6) is -0.195. The normalized spacial score (nSPS) is 15.9. The molecular formula is C28H30FN3O2. The van der Waals surface area contributed by atoms with E-state index in [-0.39, 0.29) is 11.9 Å². The van der Waals surface area contributed by atoms with E-state index in [1.165, 1.54) is 34.4 Å². The minimum Gasteiger partial charge on any atom is -0.491 e. The second-order valence-corrected chi connectivity index (χ2v) is 9.20. The van der Waals surface area contributed by atoms with E-state index >= 15 is 0 Å². The molecule has 1 fully saturated rings. The van der Waals surface area contributed by atoms with E-state index in [4.69, 9.17) is 4.74 Å². The van der Waals surface area contributed by atoms with Gasteiger partial charge in [0, 0.05) is 38.8 Å². The number of hydrogen-bond donors (Lipinski definition) is 0. The Morgan fingerprint density at radius 1 is 0.941 bits per heavy atom. The zero-order valence-electron chi connectivity index (χ0n) is 19.7. The van der Waals surface area contributed by atoms with Crippen LogP contribution >= 0.6 is 0 Å². The van der Waals surface area contributed by atoms with Crippen molar-refractivity contribution < 1.29 is 13.9 Å². The van der Waals surface area contributed by atoms with E-state index in [1.807, 2.05) is 23.9 Å². The fourth-order valence-electron chi connectivity index (χ4n) is 5.01. The first kappa shape index (κ1) is 22.6. The quantitative estimate of drug-likeness (QED) is 0.551. The lowest BCUT2D eigenvalue weighted by Gasteiger charge is -2.39. The number of fused-ring (bicyclic) bond motifs is 3. The molecule has 3 aromatic rings. The lowest BCUT2D eigenvalue weighted by molar-refractivity contribution is 0.0595. The summed E-state index contributed by atoms with van der Waals surface area (Å²) in [5, 5.41) is 0. The van der Waals surface area contributed by atoms with Crippen LogP contribution in [0.3, 0.4) is 0 Å². The van der Waals surface area contributed by atoms with Crippen LogP contribution < -0.4 is 4.74 Å². The maximum absolute atomic E-state index is 13.9. The summed E-state index contributed by atoms with van der Waals surface area (Å²) in [6, 6.07) is 21.6. The Balaban J connectivity index is 1.31. The highest BCUT2D eigenvalue weighted by atomic mass is 19.1. The van der Waals surface area contributed by atoms with Crippen LogP contribution in [0.25, 0.3) is 11.1 Å². The molecule has 0 saturated carbocycles. The molecule has 0 bridgehead atoms. The van der Waals surface area contributed by atoms with Gasteiger partial charge in [0.05, 0.1) is 11.6 Å². The van der Waals surface area contributed by atoms with Gasteiger partial charge in [0.25, 0.3) is 5.91 Å². The first-order valence-corrected chi connectivity index (χ1v) is 11.8. The molecule has 1 aliphatic carbocycles. The number of likely N-dealkylation sites (N-methyl/N-ethyl adjacent to an activating group) is 1. The molecule has 5 rings (SSSR count). The molecule has 0 spiro atoms. The van der Waals surface area contributed by atoms with E-state index in [9.17, 15) is 9.18 Å². The number of carbonyl (C=O) groups is 1.